The van der Waals surface area contributed by atoms with E-state index in [1.165, 1.54) is 17.4 Å². The normalized spacial score (nSPS) is 10.7. The molecule has 0 radical (unpaired) electrons. The standard InChI is InChI=1S/C22H17N5O4/c23-19(28)17-12-24-20(26-21(17)29)22(30)27(16-11-25-31-13-16)18(14-7-3-1-4-8-14)15-9-5-2-6-10-15/h1-13,18H,(H2,23,28)(H,24,26,29). The van der Waals surface area contributed by atoms with E-state index in [9.17, 15) is 14.7 Å². The summed E-state index contributed by atoms with van der Waals surface area (Å²) < 4.78 is 4.98. The minimum atomic E-state index is -0.904. The van der Waals surface area contributed by atoms with E-state index in [1.807, 2.05) is 60.7 Å². The van der Waals surface area contributed by atoms with Crippen LogP contribution in [0.1, 0.15) is 38.1 Å². The van der Waals surface area contributed by atoms with Crippen molar-refractivity contribution < 1.29 is 19.2 Å². The van der Waals surface area contributed by atoms with E-state index in [0.717, 1.165) is 17.3 Å². The van der Waals surface area contributed by atoms with Crippen LogP contribution in [0.2, 0.25) is 0 Å². The second kappa shape index (κ2) is 8.46. The zero-order chi connectivity index (χ0) is 21.8. The van der Waals surface area contributed by atoms with E-state index < -0.39 is 23.7 Å². The summed E-state index contributed by atoms with van der Waals surface area (Å²) in [6.45, 7) is 0. The first kappa shape index (κ1) is 19.8. The van der Waals surface area contributed by atoms with Crippen molar-refractivity contribution in [1.82, 2.24) is 15.1 Å². The van der Waals surface area contributed by atoms with E-state index in [-0.39, 0.29) is 11.4 Å². The summed E-state index contributed by atoms with van der Waals surface area (Å²) >= 11 is 0. The zero-order valence-corrected chi connectivity index (χ0v) is 16.1. The molecule has 9 heteroatoms. The van der Waals surface area contributed by atoms with Crippen molar-refractivity contribution in [2.45, 2.75) is 6.04 Å². The Labute approximate surface area is 176 Å². The molecular weight excluding hydrogens is 398 g/mol. The Morgan fingerprint density at radius 2 is 1.58 bits per heavy atom. The predicted molar refractivity (Wildman–Crippen MR) is 110 cm³/mol. The maximum Gasteiger partial charge on any atom is 0.297 e. The average molecular weight is 415 g/mol. The van der Waals surface area contributed by atoms with Crippen molar-refractivity contribution in [2.24, 2.45) is 5.73 Å². The van der Waals surface area contributed by atoms with Gasteiger partial charge in [0.1, 0.15) is 17.5 Å². The van der Waals surface area contributed by atoms with Gasteiger partial charge in [0.15, 0.2) is 0 Å². The molecule has 0 aliphatic carbocycles. The van der Waals surface area contributed by atoms with Crippen LogP contribution in [0.5, 0.6) is 5.88 Å². The zero-order valence-electron chi connectivity index (χ0n) is 16.1. The number of nitrogens with zero attached hydrogens (tertiary/aromatic N) is 4. The van der Waals surface area contributed by atoms with Crippen molar-refractivity contribution >= 4 is 17.5 Å². The molecule has 4 aromatic rings. The lowest BCUT2D eigenvalue weighted by molar-refractivity contribution is 0.0961. The molecule has 0 saturated carbocycles. The Morgan fingerprint density at radius 3 is 2.06 bits per heavy atom. The quantitative estimate of drug-likeness (QED) is 0.494. The largest absolute Gasteiger partial charge is 0.493 e. The molecule has 0 aliphatic rings. The first-order valence-corrected chi connectivity index (χ1v) is 9.25. The fourth-order valence-corrected chi connectivity index (χ4v) is 3.22. The van der Waals surface area contributed by atoms with Gasteiger partial charge in [-0.3, -0.25) is 14.5 Å². The van der Waals surface area contributed by atoms with Crippen LogP contribution in [0.3, 0.4) is 0 Å². The topological polar surface area (TPSA) is 135 Å². The molecule has 4 rings (SSSR count). The van der Waals surface area contributed by atoms with Gasteiger partial charge in [-0.05, 0) is 11.1 Å². The number of aromatic nitrogens is 3. The van der Waals surface area contributed by atoms with Gasteiger partial charge in [-0.2, -0.15) is 4.98 Å². The number of aromatic hydroxyl groups is 1. The number of rotatable bonds is 6. The first-order chi connectivity index (χ1) is 15.1. The summed E-state index contributed by atoms with van der Waals surface area (Å²) in [7, 11) is 0. The molecule has 0 atom stereocenters. The maximum absolute atomic E-state index is 13.6. The number of amides is 2. The number of carbonyl (C=O) groups excluding carboxylic acids is 2. The fraction of sp³-hybridized carbons (Fsp3) is 0.0455. The molecule has 0 bridgehead atoms. The van der Waals surface area contributed by atoms with Crippen molar-refractivity contribution in [3.05, 3.63) is 102 Å². The Bertz CT molecular complexity index is 1160. The van der Waals surface area contributed by atoms with Crippen molar-refractivity contribution in [1.29, 1.82) is 0 Å². The summed E-state index contributed by atoms with van der Waals surface area (Å²) in [6, 6.07) is 18.2. The van der Waals surface area contributed by atoms with Crippen LogP contribution >= 0.6 is 0 Å². The molecule has 0 saturated heterocycles. The van der Waals surface area contributed by atoms with Gasteiger partial charge in [0.25, 0.3) is 11.8 Å². The summed E-state index contributed by atoms with van der Waals surface area (Å²) in [6.07, 6.45) is 3.74. The molecule has 0 spiro atoms. The van der Waals surface area contributed by atoms with Crippen LogP contribution < -0.4 is 10.6 Å². The van der Waals surface area contributed by atoms with E-state index in [1.54, 1.807) is 0 Å². The smallest absolute Gasteiger partial charge is 0.297 e. The fourth-order valence-electron chi connectivity index (χ4n) is 3.22. The first-order valence-electron chi connectivity index (χ1n) is 9.25. The Morgan fingerprint density at radius 1 is 0.968 bits per heavy atom. The molecule has 0 fully saturated rings. The van der Waals surface area contributed by atoms with Gasteiger partial charge in [0, 0.05) is 6.20 Å². The van der Waals surface area contributed by atoms with Crippen LogP contribution in [0.4, 0.5) is 5.69 Å². The van der Waals surface area contributed by atoms with Crippen LogP contribution in [-0.4, -0.2) is 32.0 Å². The lowest BCUT2D eigenvalue weighted by atomic mass is 9.96. The Balaban J connectivity index is 1.87. The molecule has 2 aromatic carbocycles. The highest BCUT2D eigenvalue weighted by Crippen LogP contribution is 2.34. The molecule has 2 heterocycles. The monoisotopic (exact) mass is 415 g/mol. The number of hydrogen-bond acceptors (Lipinski definition) is 7. The molecule has 2 aromatic heterocycles. The molecule has 9 nitrogen and oxygen atoms in total. The van der Waals surface area contributed by atoms with Crippen molar-refractivity contribution in [2.75, 3.05) is 4.90 Å². The third-order valence-corrected chi connectivity index (χ3v) is 4.63. The third kappa shape index (κ3) is 3.97. The van der Waals surface area contributed by atoms with Crippen LogP contribution in [-0.2, 0) is 0 Å². The summed E-state index contributed by atoms with van der Waals surface area (Å²) in [4.78, 5) is 34.1. The molecule has 2 amide bonds. The number of primary amides is 1. The number of benzene rings is 2. The molecule has 3 N–H and O–H groups in total. The third-order valence-electron chi connectivity index (χ3n) is 4.63. The SMILES string of the molecule is NC(=O)c1cnc(C(=O)N(c2cnoc2)C(c2ccccc2)c2ccccc2)nc1O. The van der Waals surface area contributed by atoms with E-state index in [2.05, 4.69) is 15.1 Å². The molecule has 0 unspecified atom stereocenters. The average Bonchev–Trinajstić information content (AvgIpc) is 3.32. The molecule has 154 valence electrons. The Kier molecular flexibility index (Phi) is 5.39. The van der Waals surface area contributed by atoms with Gasteiger partial charge >= 0.3 is 0 Å². The second-order valence-corrected chi connectivity index (χ2v) is 6.58. The van der Waals surface area contributed by atoms with Gasteiger partial charge < -0.3 is 15.4 Å². The summed E-state index contributed by atoms with van der Waals surface area (Å²) in [5.41, 5.74) is 6.91. The van der Waals surface area contributed by atoms with Gasteiger partial charge in [-0.1, -0.05) is 65.8 Å². The van der Waals surface area contributed by atoms with Crippen LogP contribution in [0.15, 0.2) is 83.8 Å². The van der Waals surface area contributed by atoms with Gasteiger partial charge in [-0.25, -0.2) is 4.98 Å². The van der Waals surface area contributed by atoms with E-state index in [0.29, 0.717) is 5.69 Å². The number of nitrogens with two attached hydrogens (primary N) is 1. The van der Waals surface area contributed by atoms with Crippen molar-refractivity contribution in [3.8, 4) is 5.88 Å². The highest BCUT2D eigenvalue weighted by Gasteiger charge is 2.32. The van der Waals surface area contributed by atoms with Gasteiger partial charge in [-0.15, -0.1) is 0 Å². The van der Waals surface area contributed by atoms with E-state index >= 15 is 0 Å². The highest BCUT2D eigenvalue weighted by atomic mass is 16.5. The minimum Gasteiger partial charge on any atom is -0.493 e. The minimum absolute atomic E-state index is 0.282. The Hall–Kier alpha value is -4.53. The lowest BCUT2D eigenvalue weighted by Crippen LogP contribution is -2.36. The van der Waals surface area contributed by atoms with Crippen molar-refractivity contribution in [3.63, 3.8) is 0 Å². The second-order valence-electron chi connectivity index (χ2n) is 6.58. The number of carbonyl (C=O) groups is 2. The summed E-state index contributed by atoms with van der Waals surface area (Å²) in [5.74, 6) is -2.53. The number of hydrogen-bond donors (Lipinski definition) is 2. The molecule has 0 aliphatic heterocycles. The summed E-state index contributed by atoms with van der Waals surface area (Å²) in [5, 5.41) is 13.8. The molecule has 31 heavy (non-hydrogen) atoms. The molecular formula is C22H17N5O4. The van der Waals surface area contributed by atoms with Crippen LogP contribution in [0.25, 0.3) is 0 Å². The maximum atomic E-state index is 13.6. The highest BCUT2D eigenvalue weighted by molar-refractivity contribution is 6.05. The lowest BCUT2D eigenvalue weighted by Gasteiger charge is -2.30. The number of anilines is 1. The van der Waals surface area contributed by atoms with E-state index in [4.69, 9.17) is 10.3 Å². The van der Waals surface area contributed by atoms with Gasteiger partial charge in [0.2, 0.25) is 11.7 Å². The van der Waals surface area contributed by atoms with Crippen LogP contribution in [0, 0.1) is 0 Å². The predicted octanol–water partition coefficient (Wildman–Crippen LogP) is 2.71. The van der Waals surface area contributed by atoms with Gasteiger partial charge in [0.05, 0.1) is 12.2 Å².